The number of hydrogen-bond donors (Lipinski definition) is 1. The number of rotatable bonds is 3. The van der Waals surface area contributed by atoms with Gasteiger partial charge in [0.25, 0.3) is 0 Å². The molecule has 2 aliphatic carbocycles. The number of benzene rings is 1. The largest absolute Gasteiger partial charge is 0.569 e. The number of fused-ring (bicyclic) bond motifs is 2. The molecule has 3 rings (SSSR count). The predicted octanol–water partition coefficient (Wildman–Crippen LogP) is 2.02. The van der Waals surface area contributed by atoms with Crippen molar-refractivity contribution in [2.45, 2.75) is 37.1 Å². The highest BCUT2D eigenvalue weighted by atomic mass is 16.5. The van der Waals surface area contributed by atoms with Crippen LogP contribution in [0.2, 0.25) is 0 Å². The van der Waals surface area contributed by atoms with Crippen LogP contribution in [-0.2, 0) is 5.41 Å². The lowest BCUT2D eigenvalue weighted by molar-refractivity contribution is 0.253. The molecule has 1 spiro atoms. The molecule has 0 saturated heterocycles. The number of hydrogen-bond acceptors (Lipinski definition) is 3. The Morgan fingerprint density at radius 2 is 2.11 bits per heavy atom. The molecule has 1 saturated carbocycles. The van der Waals surface area contributed by atoms with Crippen molar-refractivity contribution >= 4 is 7.69 Å². The zero-order valence-corrected chi connectivity index (χ0v) is 11.0. The molecule has 3 nitrogen and oxygen atoms in total. The lowest BCUT2D eigenvalue weighted by Gasteiger charge is -2.35. The summed E-state index contributed by atoms with van der Waals surface area (Å²) in [4.78, 5) is 2.30. The first-order valence-electron chi connectivity index (χ1n) is 6.60. The Labute approximate surface area is 109 Å². The summed E-state index contributed by atoms with van der Waals surface area (Å²) < 4.78 is 5.11. The molecule has 1 atom stereocenters. The third kappa shape index (κ3) is 1.84. The Morgan fingerprint density at radius 3 is 2.72 bits per heavy atom. The molecule has 1 unspecified atom stereocenters. The van der Waals surface area contributed by atoms with Crippen LogP contribution in [0.25, 0.3) is 0 Å². The molecule has 0 aromatic heterocycles. The Hall–Kier alpha value is -0.995. The summed E-state index contributed by atoms with van der Waals surface area (Å²) in [6.45, 7) is 0. The molecule has 4 heteroatoms. The highest BCUT2D eigenvalue weighted by molar-refractivity contribution is 6.17. The highest BCUT2D eigenvalue weighted by Crippen LogP contribution is 2.58. The third-order valence-electron chi connectivity index (χ3n) is 4.52. The van der Waals surface area contributed by atoms with Gasteiger partial charge >= 0.3 is 7.69 Å². The van der Waals surface area contributed by atoms with E-state index in [1.54, 1.807) is 0 Å². The molecular weight excluding hydrogens is 225 g/mol. The number of nitrogens with zero attached hydrogens (tertiary/aromatic N) is 1. The fourth-order valence-corrected chi connectivity index (χ4v) is 3.33. The summed E-state index contributed by atoms with van der Waals surface area (Å²) in [5.41, 5.74) is 3.29. The lowest BCUT2D eigenvalue weighted by atomic mass is 9.77. The van der Waals surface area contributed by atoms with Crippen LogP contribution in [0.3, 0.4) is 0 Å². The van der Waals surface area contributed by atoms with Crippen LogP contribution in [0.15, 0.2) is 18.2 Å². The van der Waals surface area contributed by atoms with Crippen LogP contribution in [-0.4, -0.2) is 31.7 Å². The first-order chi connectivity index (χ1) is 8.66. The average molecular weight is 244 g/mol. The fourth-order valence-electron chi connectivity index (χ4n) is 3.33. The topological polar surface area (TPSA) is 32.7 Å². The van der Waals surface area contributed by atoms with Gasteiger partial charge in [0, 0.05) is 6.04 Å². The minimum Gasteiger partial charge on any atom is -0.537 e. The molecule has 1 aromatic rings. The molecule has 0 heterocycles. The van der Waals surface area contributed by atoms with E-state index in [2.05, 4.69) is 31.1 Å². The van der Waals surface area contributed by atoms with Crippen molar-refractivity contribution in [2.24, 2.45) is 0 Å². The van der Waals surface area contributed by atoms with E-state index in [0.717, 1.165) is 13.4 Å². The van der Waals surface area contributed by atoms with Crippen LogP contribution in [0.4, 0.5) is 0 Å². The summed E-state index contributed by atoms with van der Waals surface area (Å²) in [5, 5.41) is 8.75. The van der Waals surface area contributed by atoms with Gasteiger partial charge in [0.05, 0.1) is 0 Å². The molecule has 0 aliphatic heterocycles. The zero-order valence-electron chi connectivity index (χ0n) is 11.0. The Kier molecular flexibility index (Phi) is 2.87. The first-order valence-corrected chi connectivity index (χ1v) is 6.60. The molecule has 2 aliphatic rings. The SMILES string of the molecule is CN(C)C1CCC2(CC2)c2cc(O[B]O)ccc21. The summed E-state index contributed by atoms with van der Waals surface area (Å²) >= 11 is 0. The van der Waals surface area contributed by atoms with Crippen molar-refractivity contribution in [2.75, 3.05) is 14.1 Å². The summed E-state index contributed by atoms with van der Waals surface area (Å²) in [6, 6.07) is 6.74. The second kappa shape index (κ2) is 4.28. The van der Waals surface area contributed by atoms with Crippen LogP contribution < -0.4 is 4.65 Å². The molecule has 1 radical (unpaired) electrons. The van der Waals surface area contributed by atoms with Gasteiger partial charge in [-0.25, -0.2) is 0 Å². The van der Waals surface area contributed by atoms with Gasteiger partial charge in [0.15, 0.2) is 0 Å². The minimum atomic E-state index is 0.413. The van der Waals surface area contributed by atoms with E-state index in [1.807, 2.05) is 6.07 Å². The van der Waals surface area contributed by atoms with Gasteiger partial charge in [-0.05, 0) is 68.5 Å². The second-order valence-electron chi connectivity index (χ2n) is 5.77. The normalized spacial score (nSPS) is 23.9. The molecule has 1 aromatic carbocycles. The van der Waals surface area contributed by atoms with Gasteiger partial charge in [-0.15, -0.1) is 0 Å². The Balaban J connectivity index is 2.02. The second-order valence-corrected chi connectivity index (χ2v) is 5.77. The minimum absolute atomic E-state index is 0.413. The molecule has 95 valence electrons. The van der Waals surface area contributed by atoms with E-state index in [9.17, 15) is 0 Å². The summed E-state index contributed by atoms with van der Waals surface area (Å²) in [5.74, 6) is 0.738. The standard InChI is InChI=1S/C14H19BNO2/c1-16(2)13-5-6-14(7-8-14)12-9-10(18-15-17)3-4-11(12)13/h3-4,9,13,17H,5-8H2,1-2H3. The van der Waals surface area contributed by atoms with Gasteiger partial charge in [-0.1, -0.05) is 6.07 Å². The van der Waals surface area contributed by atoms with E-state index < -0.39 is 0 Å². The summed E-state index contributed by atoms with van der Waals surface area (Å²) in [7, 11) is 5.05. The Morgan fingerprint density at radius 1 is 1.33 bits per heavy atom. The van der Waals surface area contributed by atoms with Crippen molar-refractivity contribution in [3.8, 4) is 5.75 Å². The van der Waals surface area contributed by atoms with Gasteiger partial charge in [0.1, 0.15) is 5.75 Å². The molecule has 18 heavy (non-hydrogen) atoms. The van der Waals surface area contributed by atoms with E-state index in [0.29, 0.717) is 11.5 Å². The monoisotopic (exact) mass is 244 g/mol. The average Bonchev–Trinajstić information content (AvgIpc) is 3.11. The molecule has 1 fully saturated rings. The van der Waals surface area contributed by atoms with Crippen molar-refractivity contribution in [1.29, 1.82) is 0 Å². The lowest BCUT2D eigenvalue weighted by Crippen LogP contribution is -2.28. The van der Waals surface area contributed by atoms with Crippen LogP contribution in [0.1, 0.15) is 42.9 Å². The van der Waals surface area contributed by atoms with Gasteiger partial charge in [-0.2, -0.15) is 0 Å². The van der Waals surface area contributed by atoms with E-state index in [1.165, 1.54) is 36.8 Å². The van der Waals surface area contributed by atoms with E-state index >= 15 is 0 Å². The van der Waals surface area contributed by atoms with Gasteiger partial charge in [-0.3, -0.25) is 0 Å². The maximum Gasteiger partial charge on any atom is 0.569 e. The molecule has 1 N–H and O–H groups in total. The maximum absolute atomic E-state index is 8.75. The van der Waals surface area contributed by atoms with Crippen LogP contribution in [0.5, 0.6) is 5.75 Å². The Bertz CT molecular complexity index is 457. The van der Waals surface area contributed by atoms with Crippen LogP contribution in [0, 0.1) is 0 Å². The molecular formula is C14H19BNO2. The van der Waals surface area contributed by atoms with Crippen molar-refractivity contribution in [3.63, 3.8) is 0 Å². The van der Waals surface area contributed by atoms with E-state index in [-0.39, 0.29) is 0 Å². The van der Waals surface area contributed by atoms with Crippen molar-refractivity contribution in [1.82, 2.24) is 4.90 Å². The zero-order chi connectivity index (χ0) is 12.8. The summed E-state index contributed by atoms with van der Waals surface area (Å²) in [6.07, 6.45) is 5.11. The van der Waals surface area contributed by atoms with Gasteiger partial charge < -0.3 is 14.6 Å². The highest BCUT2D eigenvalue weighted by Gasteiger charge is 2.49. The third-order valence-corrected chi connectivity index (χ3v) is 4.52. The smallest absolute Gasteiger partial charge is 0.537 e. The van der Waals surface area contributed by atoms with Gasteiger partial charge in [0.2, 0.25) is 0 Å². The fraction of sp³-hybridized carbons (Fsp3) is 0.571. The first kappa shape index (κ1) is 12.1. The van der Waals surface area contributed by atoms with Crippen molar-refractivity contribution < 1.29 is 9.68 Å². The van der Waals surface area contributed by atoms with E-state index in [4.69, 9.17) is 9.68 Å². The van der Waals surface area contributed by atoms with Crippen LogP contribution >= 0.6 is 0 Å². The molecule has 0 amide bonds. The predicted molar refractivity (Wildman–Crippen MR) is 71.6 cm³/mol. The van der Waals surface area contributed by atoms with Crippen molar-refractivity contribution in [3.05, 3.63) is 29.3 Å². The maximum atomic E-state index is 8.75. The quantitative estimate of drug-likeness (QED) is 0.825. The molecule has 0 bridgehead atoms.